The number of rotatable bonds is 5. The molecule has 0 spiro atoms. The van der Waals surface area contributed by atoms with Gasteiger partial charge in [-0.1, -0.05) is 35.3 Å². The molecular formula is C14H12Cl2N2O3. The lowest BCUT2D eigenvalue weighted by Crippen LogP contribution is -2.01. The Kier molecular flexibility index (Phi) is 4.88. The molecule has 0 amide bonds. The van der Waals surface area contributed by atoms with Crippen LogP contribution in [0.1, 0.15) is 5.56 Å². The molecule has 2 aromatic carbocycles. The number of nitro benzene ring substituents is 1. The number of benzene rings is 2. The van der Waals surface area contributed by atoms with Crippen molar-refractivity contribution >= 4 is 34.6 Å². The predicted molar refractivity (Wildman–Crippen MR) is 83.4 cm³/mol. The number of nitro groups is 1. The van der Waals surface area contributed by atoms with Crippen LogP contribution in [0.5, 0.6) is 5.75 Å². The Morgan fingerprint density at radius 3 is 2.24 bits per heavy atom. The van der Waals surface area contributed by atoms with Gasteiger partial charge in [-0.15, -0.1) is 0 Å². The maximum Gasteiger partial charge on any atom is 0.272 e. The van der Waals surface area contributed by atoms with Gasteiger partial charge in [0.1, 0.15) is 5.75 Å². The lowest BCUT2D eigenvalue weighted by atomic mass is 10.2. The van der Waals surface area contributed by atoms with E-state index in [0.717, 1.165) is 11.3 Å². The van der Waals surface area contributed by atoms with E-state index in [1.165, 1.54) is 12.1 Å². The molecule has 21 heavy (non-hydrogen) atoms. The summed E-state index contributed by atoms with van der Waals surface area (Å²) >= 11 is 12.0. The van der Waals surface area contributed by atoms with Gasteiger partial charge < -0.3 is 10.1 Å². The first-order valence-electron chi connectivity index (χ1n) is 6.01. The monoisotopic (exact) mass is 326 g/mol. The fourth-order valence-corrected chi connectivity index (χ4v) is 2.38. The lowest BCUT2D eigenvalue weighted by Gasteiger charge is -2.11. The van der Waals surface area contributed by atoms with E-state index in [1.54, 1.807) is 7.11 Å². The van der Waals surface area contributed by atoms with E-state index in [-0.39, 0.29) is 15.7 Å². The SMILES string of the molecule is COc1ccc(CNc2c(Cl)cc([N+](=O)[O-])cc2Cl)cc1. The van der Waals surface area contributed by atoms with Gasteiger partial charge in [0.05, 0.1) is 27.8 Å². The zero-order valence-electron chi connectivity index (χ0n) is 11.1. The second kappa shape index (κ2) is 6.65. The molecule has 0 aromatic heterocycles. The Balaban J connectivity index is 2.14. The highest BCUT2D eigenvalue weighted by Crippen LogP contribution is 2.34. The highest BCUT2D eigenvalue weighted by atomic mass is 35.5. The van der Waals surface area contributed by atoms with Crippen molar-refractivity contribution in [2.45, 2.75) is 6.54 Å². The molecule has 0 unspecified atom stereocenters. The minimum absolute atomic E-state index is 0.139. The Morgan fingerprint density at radius 1 is 1.19 bits per heavy atom. The van der Waals surface area contributed by atoms with Gasteiger partial charge in [-0.3, -0.25) is 10.1 Å². The molecule has 0 heterocycles. The van der Waals surface area contributed by atoms with Gasteiger partial charge in [0.15, 0.2) is 0 Å². The molecule has 0 saturated heterocycles. The van der Waals surface area contributed by atoms with Crippen LogP contribution in [-0.2, 0) is 6.54 Å². The number of nitrogens with zero attached hydrogens (tertiary/aromatic N) is 1. The Hall–Kier alpha value is -1.98. The van der Waals surface area contributed by atoms with E-state index in [2.05, 4.69) is 5.32 Å². The molecule has 110 valence electrons. The van der Waals surface area contributed by atoms with Crippen LogP contribution in [0.25, 0.3) is 0 Å². The molecule has 2 rings (SSSR count). The molecule has 0 atom stereocenters. The van der Waals surface area contributed by atoms with Gasteiger partial charge in [-0.25, -0.2) is 0 Å². The van der Waals surface area contributed by atoms with Crippen molar-refractivity contribution in [1.82, 2.24) is 0 Å². The van der Waals surface area contributed by atoms with Crippen molar-refractivity contribution < 1.29 is 9.66 Å². The van der Waals surface area contributed by atoms with Gasteiger partial charge in [0.25, 0.3) is 5.69 Å². The first-order chi connectivity index (χ1) is 10.0. The van der Waals surface area contributed by atoms with Gasteiger partial charge >= 0.3 is 0 Å². The molecule has 0 aliphatic carbocycles. The van der Waals surface area contributed by atoms with E-state index < -0.39 is 4.92 Å². The summed E-state index contributed by atoms with van der Waals surface area (Å²) in [7, 11) is 1.60. The van der Waals surface area contributed by atoms with Gasteiger partial charge in [0, 0.05) is 18.7 Å². The number of hydrogen-bond donors (Lipinski definition) is 1. The third-order valence-corrected chi connectivity index (χ3v) is 3.46. The molecule has 0 saturated carbocycles. The number of anilines is 1. The minimum Gasteiger partial charge on any atom is -0.497 e. The molecule has 0 aliphatic rings. The quantitative estimate of drug-likeness (QED) is 0.648. The van der Waals surface area contributed by atoms with Crippen molar-refractivity contribution in [3.8, 4) is 5.75 Å². The molecular weight excluding hydrogens is 315 g/mol. The average molecular weight is 327 g/mol. The van der Waals surface area contributed by atoms with Crippen LogP contribution in [0.3, 0.4) is 0 Å². The van der Waals surface area contributed by atoms with Crippen molar-refractivity contribution in [1.29, 1.82) is 0 Å². The first-order valence-corrected chi connectivity index (χ1v) is 6.77. The summed E-state index contributed by atoms with van der Waals surface area (Å²) in [6.07, 6.45) is 0. The Bertz CT molecular complexity index is 637. The third-order valence-electron chi connectivity index (χ3n) is 2.87. The van der Waals surface area contributed by atoms with Crippen molar-refractivity contribution in [3.63, 3.8) is 0 Å². The topological polar surface area (TPSA) is 64.4 Å². The summed E-state index contributed by atoms with van der Waals surface area (Å²) in [6.45, 7) is 0.487. The molecule has 1 N–H and O–H groups in total. The van der Waals surface area contributed by atoms with Crippen LogP contribution in [0, 0.1) is 10.1 Å². The first kappa shape index (κ1) is 15.4. The lowest BCUT2D eigenvalue weighted by molar-refractivity contribution is -0.384. The fourth-order valence-electron chi connectivity index (χ4n) is 1.77. The summed E-state index contributed by atoms with van der Waals surface area (Å²) in [4.78, 5) is 10.2. The molecule has 2 aromatic rings. The number of hydrogen-bond acceptors (Lipinski definition) is 4. The molecule has 5 nitrogen and oxygen atoms in total. The number of nitrogens with one attached hydrogen (secondary N) is 1. The number of halogens is 2. The minimum atomic E-state index is -0.537. The standard InChI is InChI=1S/C14H12Cl2N2O3/c1-21-11-4-2-9(3-5-11)8-17-14-12(15)6-10(18(19)20)7-13(14)16/h2-7,17H,8H2,1H3. The molecule has 7 heteroatoms. The van der Waals surface area contributed by atoms with Crippen molar-refractivity contribution in [2.24, 2.45) is 0 Å². The highest BCUT2D eigenvalue weighted by molar-refractivity contribution is 6.39. The zero-order chi connectivity index (χ0) is 15.4. The van der Waals surface area contributed by atoms with Gasteiger partial charge in [0.2, 0.25) is 0 Å². The van der Waals surface area contributed by atoms with E-state index in [1.807, 2.05) is 24.3 Å². The van der Waals surface area contributed by atoms with E-state index in [0.29, 0.717) is 12.2 Å². The van der Waals surface area contributed by atoms with Crippen LogP contribution >= 0.6 is 23.2 Å². The second-order valence-corrected chi connectivity index (χ2v) is 5.06. The predicted octanol–water partition coefficient (Wildman–Crippen LogP) is 4.52. The second-order valence-electron chi connectivity index (χ2n) is 4.24. The smallest absolute Gasteiger partial charge is 0.272 e. The van der Waals surface area contributed by atoms with Crippen LogP contribution < -0.4 is 10.1 Å². The van der Waals surface area contributed by atoms with Gasteiger partial charge in [-0.2, -0.15) is 0 Å². The van der Waals surface area contributed by atoms with Crippen LogP contribution in [0.2, 0.25) is 10.0 Å². The normalized spacial score (nSPS) is 10.2. The Labute approximate surface area is 131 Å². The summed E-state index contributed by atoms with van der Waals surface area (Å²) in [5, 5.41) is 14.2. The van der Waals surface area contributed by atoms with E-state index >= 15 is 0 Å². The van der Waals surface area contributed by atoms with E-state index in [4.69, 9.17) is 27.9 Å². The molecule has 0 bridgehead atoms. The summed E-state index contributed by atoms with van der Waals surface area (Å²) in [6, 6.07) is 10.0. The largest absolute Gasteiger partial charge is 0.497 e. The number of non-ortho nitro benzene ring substituents is 1. The molecule has 0 fully saturated rings. The average Bonchev–Trinajstić information content (AvgIpc) is 2.46. The third kappa shape index (κ3) is 3.77. The fraction of sp³-hybridized carbons (Fsp3) is 0.143. The van der Waals surface area contributed by atoms with Gasteiger partial charge in [-0.05, 0) is 17.7 Å². The van der Waals surface area contributed by atoms with E-state index in [9.17, 15) is 10.1 Å². The van der Waals surface area contributed by atoms with Crippen LogP contribution in [-0.4, -0.2) is 12.0 Å². The summed E-state index contributed by atoms with van der Waals surface area (Å²) in [5.74, 6) is 0.769. The maximum absolute atomic E-state index is 10.7. The van der Waals surface area contributed by atoms with Crippen molar-refractivity contribution in [3.05, 3.63) is 62.1 Å². The van der Waals surface area contributed by atoms with Crippen LogP contribution in [0.4, 0.5) is 11.4 Å². The molecule has 0 radical (unpaired) electrons. The summed E-state index contributed by atoms with van der Waals surface area (Å²) < 4.78 is 5.08. The number of methoxy groups -OCH3 is 1. The van der Waals surface area contributed by atoms with Crippen LogP contribution in [0.15, 0.2) is 36.4 Å². The zero-order valence-corrected chi connectivity index (χ0v) is 12.6. The van der Waals surface area contributed by atoms with Crippen molar-refractivity contribution in [2.75, 3.05) is 12.4 Å². The Morgan fingerprint density at radius 2 is 1.76 bits per heavy atom. The number of ether oxygens (including phenoxy) is 1. The maximum atomic E-state index is 10.7. The summed E-state index contributed by atoms with van der Waals surface area (Å²) in [5.41, 5.74) is 1.33. The highest BCUT2D eigenvalue weighted by Gasteiger charge is 2.14. The molecule has 0 aliphatic heterocycles.